The Bertz CT molecular complexity index is 690. The smallest absolute Gasteiger partial charge is 0.340 e. The first-order valence-electron chi connectivity index (χ1n) is 7.73. The lowest BCUT2D eigenvalue weighted by Crippen LogP contribution is -2.54. The van der Waals surface area contributed by atoms with E-state index in [-0.39, 0.29) is 5.92 Å². The summed E-state index contributed by atoms with van der Waals surface area (Å²) in [6.45, 7) is 1.21. The van der Waals surface area contributed by atoms with Gasteiger partial charge in [-0.1, -0.05) is 25.1 Å². The summed E-state index contributed by atoms with van der Waals surface area (Å²) < 4.78 is 9.90. The largest absolute Gasteiger partial charge is 0.480 e. The van der Waals surface area contributed by atoms with E-state index >= 15 is 0 Å². The molecule has 0 unspecified atom stereocenters. The van der Waals surface area contributed by atoms with Gasteiger partial charge in [0.15, 0.2) is 0 Å². The molecule has 1 aromatic carbocycles. The molecular weight excluding hydrogens is 314 g/mol. The number of ether oxygens (including phenoxy) is 2. The molecule has 0 aliphatic heterocycles. The molecule has 3 rings (SSSR count). The van der Waals surface area contributed by atoms with E-state index in [1.165, 1.54) is 0 Å². The highest BCUT2D eigenvalue weighted by molar-refractivity contribution is 5.89. The number of hydrogen-bond acceptors (Lipinski definition) is 6. The van der Waals surface area contributed by atoms with Crippen molar-refractivity contribution in [2.75, 3.05) is 6.79 Å². The molecule has 24 heavy (non-hydrogen) atoms. The van der Waals surface area contributed by atoms with Crippen LogP contribution in [0.4, 0.5) is 0 Å². The van der Waals surface area contributed by atoms with Gasteiger partial charge in [-0.05, 0) is 30.9 Å². The lowest BCUT2D eigenvalue weighted by Gasteiger charge is -2.28. The van der Waals surface area contributed by atoms with Gasteiger partial charge in [-0.15, -0.1) is 0 Å². The second kappa shape index (κ2) is 5.59. The van der Waals surface area contributed by atoms with Gasteiger partial charge in [0.25, 0.3) is 0 Å². The van der Waals surface area contributed by atoms with Crippen molar-refractivity contribution < 1.29 is 29.0 Å². The lowest BCUT2D eigenvalue weighted by atomic mass is 9.81. The maximum absolute atomic E-state index is 12.2. The van der Waals surface area contributed by atoms with Crippen molar-refractivity contribution in [2.24, 2.45) is 23.0 Å². The molecule has 2 aliphatic rings. The topological polar surface area (TPSA) is 116 Å². The molecule has 7 heteroatoms. The number of carbonyl (C=O) groups excluding carboxylic acids is 2. The quantitative estimate of drug-likeness (QED) is 0.614. The van der Waals surface area contributed by atoms with Crippen LogP contribution in [0.3, 0.4) is 0 Å². The SMILES string of the molecule is C[C@@]12[C@@H](CC[C@@]1(N)C(=O)O)[C@@H]2C(=O)OCOC(=O)c1ccccc1. The summed E-state index contributed by atoms with van der Waals surface area (Å²) in [7, 11) is 0. The minimum Gasteiger partial charge on any atom is -0.480 e. The van der Waals surface area contributed by atoms with Gasteiger partial charge in [0.1, 0.15) is 5.54 Å². The zero-order valence-corrected chi connectivity index (χ0v) is 13.2. The first-order chi connectivity index (χ1) is 11.3. The van der Waals surface area contributed by atoms with Crippen molar-refractivity contribution in [3.63, 3.8) is 0 Å². The third-order valence-corrected chi connectivity index (χ3v) is 5.56. The van der Waals surface area contributed by atoms with Crippen LogP contribution in [0.2, 0.25) is 0 Å². The molecule has 0 heterocycles. The Balaban J connectivity index is 1.54. The third kappa shape index (κ3) is 2.27. The molecule has 2 fully saturated rings. The normalized spacial score (nSPS) is 33.4. The Morgan fingerprint density at radius 1 is 1.25 bits per heavy atom. The Kier molecular flexibility index (Phi) is 3.83. The van der Waals surface area contributed by atoms with Crippen LogP contribution in [0.1, 0.15) is 30.1 Å². The maximum atomic E-state index is 12.2. The molecule has 0 aromatic heterocycles. The summed E-state index contributed by atoms with van der Waals surface area (Å²) in [5.41, 5.74) is 4.15. The van der Waals surface area contributed by atoms with E-state index in [1.54, 1.807) is 37.3 Å². The average Bonchev–Trinajstić information content (AvgIpc) is 3.09. The molecular formula is C17H19NO6. The summed E-state index contributed by atoms with van der Waals surface area (Å²) in [6.07, 6.45) is 0.916. The number of carboxylic acid groups (broad SMARTS) is 1. The lowest BCUT2D eigenvalue weighted by molar-refractivity contribution is -0.156. The predicted molar refractivity (Wildman–Crippen MR) is 81.7 cm³/mol. The molecule has 2 saturated carbocycles. The fourth-order valence-corrected chi connectivity index (χ4v) is 3.96. The highest BCUT2D eigenvalue weighted by Crippen LogP contribution is 2.71. The van der Waals surface area contributed by atoms with Crippen molar-refractivity contribution in [3.8, 4) is 0 Å². The van der Waals surface area contributed by atoms with Gasteiger partial charge < -0.3 is 20.3 Å². The first-order valence-corrected chi connectivity index (χ1v) is 7.73. The number of esters is 2. The summed E-state index contributed by atoms with van der Waals surface area (Å²) in [4.78, 5) is 35.4. The van der Waals surface area contributed by atoms with Gasteiger partial charge in [-0.3, -0.25) is 9.59 Å². The van der Waals surface area contributed by atoms with Gasteiger partial charge in [0, 0.05) is 5.41 Å². The molecule has 128 valence electrons. The molecule has 3 N–H and O–H groups in total. The fourth-order valence-electron chi connectivity index (χ4n) is 3.96. The Morgan fingerprint density at radius 2 is 1.92 bits per heavy atom. The number of hydrogen-bond donors (Lipinski definition) is 2. The van der Waals surface area contributed by atoms with Crippen molar-refractivity contribution in [2.45, 2.75) is 25.3 Å². The Labute approximate surface area is 138 Å². The number of aliphatic carboxylic acids is 1. The molecule has 1 aromatic rings. The molecule has 0 amide bonds. The molecule has 7 nitrogen and oxygen atoms in total. The first kappa shape index (κ1) is 16.4. The van der Waals surface area contributed by atoms with Crippen LogP contribution < -0.4 is 5.73 Å². The van der Waals surface area contributed by atoms with Gasteiger partial charge in [-0.2, -0.15) is 0 Å². The van der Waals surface area contributed by atoms with Crippen LogP contribution >= 0.6 is 0 Å². The van der Waals surface area contributed by atoms with E-state index in [0.29, 0.717) is 18.4 Å². The molecule has 2 aliphatic carbocycles. The minimum absolute atomic E-state index is 0.101. The predicted octanol–water partition coefficient (Wildman–Crippen LogP) is 1.17. The van der Waals surface area contributed by atoms with Crippen LogP contribution in [0.25, 0.3) is 0 Å². The van der Waals surface area contributed by atoms with E-state index in [2.05, 4.69) is 0 Å². The highest BCUT2D eigenvalue weighted by atomic mass is 16.7. The van der Waals surface area contributed by atoms with Crippen molar-refractivity contribution in [1.29, 1.82) is 0 Å². The molecule has 0 bridgehead atoms. The molecule has 0 spiro atoms. The van der Waals surface area contributed by atoms with Gasteiger partial charge in [0.2, 0.25) is 6.79 Å². The van der Waals surface area contributed by atoms with E-state index in [1.807, 2.05) is 0 Å². The summed E-state index contributed by atoms with van der Waals surface area (Å²) in [5.74, 6) is -2.93. The second-order valence-electron chi connectivity index (χ2n) is 6.56. The number of nitrogens with two attached hydrogens (primary N) is 1. The molecule has 0 saturated heterocycles. The number of fused-ring (bicyclic) bond motifs is 1. The van der Waals surface area contributed by atoms with Crippen LogP contribution in [0, 0.1) is 17.3 Å². The van der Waals surface area contributed by atoms with Crippen molar-refractivity contribution in [1.82, 2.24) is 0 Å². The van der Waals surface area contributed by atoms with Crippen LogP contribution in [0.5, 0.6) is 0 Å². The van der Waals surface area contributed by atoms with Crippen LogP contribution in [-0.2, 0) is 19.1 Å². The Morgan fingerprint density at radius 3 is 2.54 bits per heavy atom. The average molecular weight is 333 g/mol. The number of rotatable bonds is 5. The monoisotopic (exact) mass is 333 g/mol. The van der Waals surface area contributed by atoms with Crippen molar-refractivity contribution >= 4 is 17.9 Å². The van der Waals surface area contributed by atoms with Gasteiger partial charge >= 0.3 is 17.9 Å². The van der Waals surface area contributed by atoms with E-state index in [9.17, 15) is 19.5 Å². The standard InChI is InChI=1S/C17H19NO6/c1-16-11(7-8-17(16,18)15(21)22)12(16)14(20)24-9-23-13(19)10-5-3-2-4-6-10/h2-6,11-12H,7-9,18H2,1H3,(H,21,22)/t11-,12+,16-,17+/m0/s1. The van der Waals surface area contributed by atoms with Gasteiger partial charge in [-0.25, -0.2) is 4.79 Å². The Hall–Kier alpha value is -2.41. The van der Waals surface area contributed by atoms with Crippen molar-refractivity contribution in [3.05, 3.63) is 35.9 Å². The van der Waals surface area contributed by atoms with Crippen LogP contribution in [-0.4, -0.2) is 35.3 Å². The molecule has 0 radical (unpaired) electrons. The number of carbonyl (C=O) groups is 3. The number of carboxylic acids is 1. The van der Waals surface area contributed by atoms with E-state index in [4.69, 9.17) is 15.2 Å². The zero-order valence-electron chi connectivity index (χ0n) is 13.2. The minimum atomic E-state index is -1.41. The highest BCUT2D eigenvalue weighted by Gasteiger charge is 2.79. The fraction of sp³-hybridized carbons (Fsp3) is 0.471. The number of benzene rings is 1. The van der Waals surface area contributed by atoms with E-state index in [0.717, 1.165) is 0 Å². The zero-order chi connectivity index (χ0) is 17.5. The summed E-state index contributed by atoms with van der Waals surface area (Å²) >= 11 is 0. The summed E-state index contributed by atoms with van der Waals surface area (Å²) in [5, 5.41) is 9.36. The third-order valence-electron chi connectivity index (χ3n) is 5.56. The van der Waals surface area contributed by atoms with E-state index < -0.39 is 41.6 Å². The van der Waals surface area contributed by atoms with Gasteiger partial charge in [0.05, 0.1) is 11.5 Å². The maximum Gasteiger partial charge on any atom is 0.340 e. The second-order valence-corrected chi connectivity index (χ2v) is 6.56. The molecule has 4 atom stereocenters. The van der Waals surface area contributed by atoms with Crippen LogP contribution in [0.15, 0.2) is 30.3 Å². The summed E-state index contributed by atoms with van der Waals surface area (Å²) in [6, 6.07) is 8.34.